The number of benzene rings is 1. The minimum Gasteiger partial charge on any atom is -0.465 e. The van der Waals surface area contributed by atoms with E-state index in [0.29, 0.717) is 12.1 Å². The van der Waals surface area contributed by atoms with Gasteiger partial charge in [0.25, 0.3) is 0 Å². The molecule has 0 unspecified atom stereocenters. The molecule has 2 aromatic rings. The number of esters is 1. The van der Waals surface area contributed by atoms with Crippen LogP contribution < -0.4 is 5.32 Å². The number of nitrogens with one attached hydrogen (secondary N) is 1. The van der Waals surface area contributed by atoms with Gasteiger partial charge in [0.15, 0.2) is 0 Å². The first-order valence-electron chi connectivity index (χ1n) is 7.08. The lowest BCUT2D eigenvalue weighted by Gasteiger charge is -2.10. The molecule has 5 nitrogen and oxygen atoms in total. The fraction of sp³-hybridized carbons (Fsp3) is 0.375. The molecule has 1 aromatic heterocycles. The van der Waals surface area contributed by atoms with Crippen LogP contribution in [0.25, 0.3) is 0 Å². The zero-order chi connectivity index (χ0) is 15.2. The quantitative estimate of drug-likeness (QED) is 0.830. The first-order valence-corrected chi connectivity index (χ1v) is 7.08. The van der Waals surface area contributed by atoms with Crippen LogP contribution in [0.5, 0.6) is 0 Å². The minimum absolute atomic E-state index is 0.331. The maximum Gasteiger partial charge on any atom is 0.339 e. The van der Waals surface area contributed by atoms with Crippen molar-refractivity contribution in [2.45, 2.75) is 33.4 Å². The molecule has 0 aliphatic carbocycles. The van der Waals surface area contributed by atoms with Crippen LogP contribution in [0.3, 0.4) is 0 Å². The molecule has 0 bridgehead atoms. The highest BCUT2D eigenvalue weighted by molar-refractivity contribution is 5.95. The zero-order valence-corrected chi connectivity index (χ0v) is 12.7. The van der Waals surface area contributed by atoms with E-state index in [2.05, 4.69) is 17.3 Å². The summed E-state index contributed by atoms with van der Waals surface area (Å²) in [6, 6.07) is 5.70. The molecule has 0 atom stereocenters. The van der Waals surface area contributed by atoms with E-state index >= 15 is 0 Å². The largest absolute Gasteiger partial charge is 0.465 e. The van der Waals surface area contributed by atoms with Crippen molar-refractivity contribution in [3.8, 4) is 0 Å². The van der Waals surface area contributed by atoms with Gasteiger partial charge in [0.2, 0.25) is 0 Å². The van der Waals surface area contributed by atoms with Gasteiger partial charge < -0.3 is 10.1 Å². The highest BCUT2D eigenvalue weighted by Gasteiger charge is 2.12. The van der Waals surface area contributed by atoms with E-state index in [9.17, 15) is 4.79 Å². The van der Waals surface area contributed by atoms with Crippen molar-refractivity contribution in [3.05, 3.63) is 47.3 Å². The van der Waals surface area contributed by atoms with E-state index in [1.54, 1.807) is 0 Å². The number of anilines is 1. The number of hydrogen-bond acceptors (Lipinski definition) is 4. The molecule has 21 heavy (non-hydrogen) atoms. The number of aryl methyl sites for hydroxylation is 2. The summed E-state index contributed by atoms with van der Waals surface area (Å²) in [6.45, 7) is 5.61. The summed E-state index contributed by atoms with van der Waals surface area (Å²) < 4.78 is 6.75. The molecule has 0 saturated heterocycles. The van der Waals surface area contributed by atoms with E-state index in [1.807, 2.05) is 42.2 Å². The molecule has 0 saturated carbocycles. The molecule has 1 aromatic carbocycles. The molecule has 0 radical (unpaired) electrons. The molecule has 5 heteroatoms. The van der Waals surface area contributed by atoms with Gasteiger partial charge in [-0.1, -0.05) is 18.6 Å². The highest BCUT2D eigenvalue weighted by atomic mass is 16.5. The summed E-state index contributed by atoms with van der Waals surface area (Å²) in [7, 11) is 1.39. The van der Waals surface area contributed by atoms with E-state index in [-0.39, 0.29) is 5.97 Å². The van der Waals surface area contributed by atoms with E-state index in [4.69, 9.17) is 4.74 Å². The Hall–Kier alpha value is -2.30. The predicted octanol–water partition coefficient (Wildman–Crippen LogP) is 3.00. The molecule has 1 heterocycles. The Morgan fingerprint density at radius 2 is 2.24 bits per heavy atom. The number of nitrogens with zero attached hydrogens (tertiary/aromatic N) is 2. The fourth-order valence-electron chi connectivity index (χ4n) is 2.14. The molecule has 0 aliphatic rings. The van der Waals surface area contributed by atoms with Crippen molar-refractivity contribution in [1.29, 1.82) is 0 Å². The Morgan fingerprint density at radius 1 is 1.43 bits per heavy atom. The Bertz CT molecular complexity index is 620. The average molecular weight is 287 g/mol. The van der Waals surface area contributed by atoms with Gasteiger partial charge in [-0.05, 0) is 25.5 Å². The second-order valence-corrected chi connectivity index (χ2v) is 5.01. The lowest BCUT2D eigenvalue weighted by atomic mass is 10.1. The van der Waals surface area contributed by atoms with Gasteiger partial charge in [0.05, 0.1) is 18.9 Å². The molecule has 0 spiro atoms. The first kappa shape index (κ1) is 15.1. The lowest BCUT2D eigenvalue weighted by molar-refractivity contribution is 0.0601. The molecule has 2 rings (SSSR count). The number of rotatable bonds is 6. The maximum atomic E-state index is 11.8. The number of ether oxygens (including phenoxy) is 1. The maximum absolute atomic E-state index is 11.8. The number of carbonyl (C=O) groups is 1. The van der Waals surface area contributed by atoms with Crippen molar-refractivity contribution < 1.29 is 9.53 Å². The van der Waals surface area contributed by atoms with Gasteiger partial charge in [-0.25, -0.2) is 4.79 Å². The molecule has 112 valence electrons. The van der Waals surface area contributed by atoms with Crippen molar-refractivity contribution in [2.75, 3.05) is 12.4 Å². The molecular formula is C16H21N3O2. The van der Waals surface area contributed by atoms with E-state index < -0.39 is 0 Å². The normalized spacial score (nSPS) is 10.4. The second kappa shape index (κ2) is 6.92. The Balaban J connectivity index is 2.10. The number of hydrogen-bond donors (Lipinski definition) is 1. The second-order valence-electron chi connectivity index (χ2n) is 5.01. The van der Waals surface area contributed by atoms with Crippen LogP contribution in [0.1, 0.15) is 34.8 Å². The van der Waals surface area contributed by atoms with Gasteiger partial charge in [0.1, 0.15) is 0 Å². The summed E-state index contributed by atoms with van der Waals surface area (Å²) in [5.74, 6) is -0.331. The molecule has 1 N–H and O–H groups in total. The number of methoxy groups -OCH3 is 1. The van der Waals surface area contributed by atoms with Gasteiger partial charge in [-0.3, -0.25) is 4.68 Å². The van der Waals surface area contributed by atoms with Crippen LogP contribution >= 0.6 is 0 Å². The fourth-order valence-corrected chi connectivity index (χ4v) is 2.14. The number of carbonyl (C=O) groups excluding carboxylic acids is 1. The minimum atomic E-state index is -0.331. The average Bonchev–Trinajstić information content (AvgIpc) is 2.93. The van der Waals surface area contributed by atoms with Crippen molar-refractivity contribution in [1.82, 2.24) is 9.78 Å². The van der Waals surface area contributed by atoms with Gasteiger partial charge in [-0.2, -0.15) is 5.10 Å². The molecule has 0 fully saturated rings. The standard InChI is InChI=1S/C16H21N3O2/c1-4-7-19-11-13(10-18-19)9-17-15-6-5-12(2)8-14(15)16(20)21-3/h5-6,8,10-11,17H,4,7,9H2,1-3H3. The first-order chi connectivity index (χ1) is 10.1. The van der Waals surface area contributed by atoms with Crippen LogP contribution in [0.2, 0.25) is 0 Å². The monoisotopic (exact) mass is 287 g/mol. The van der Waals surface area contributed by atoms with Gasteiger partial charge in [0, 0.05) is 30.5 Å². The third-order valence-electron chi connectivity index (χ3n) is 3.20. The Morgan fingerprint density at radius 3 is 2.95 bits per heavy atom. The SMILES string of the molecule is CCCn1cc(CNc2ccc(C)cc2C(=O)OC)cn1. The van der Waals surface area contributed by atoms with Crippen molar-refractivity contribution in [3.63, 3.8) is 0 Å². The third-order valence-corrected chi connectivity index (χ3v) is 3.20. The van der Waals surface area contributed by atoms with Gasteiger partial charge >= 0.3 is 5.97 Å². The van der Waals surface area contributed by atoms with E-state index in [0.717, 1.165) is 29.8 Å². The third kappa shape index (κ3) is 3.84. The van der Waals surface area contributed by atoms with Gasteiger partial charge in [-0.15, -0.1) is 0 Å². The van der Waals surface area contributed by atoms with Crippen LogP contribution in [0.4, 0.5) is 5.69 Å². The topological polar surface area (TPSA) is 56.2 Å². The predicted molar refractivity (Wildman–Crippen MR) is 82.4 cm³/mol. The van der Waals surface area contributed by atoms with Crippen LogP contribution in [-0.4, -0.2) is 22.9 Å². The number of aromatic nitrogens is 2. The van der Waals surface area contributed by atoms with Crippen molar-refractivity contribution >= 4 is 11.7 Å². The molecule has 0 amide bonds. The smallest absolute Gasteiger partial charge is 0.339 e. The van der Waals surface area contributed by atoms with Crippen LogP contribution in [0.15, 0.2) is 30.6 Å². The van der Waals surface area contributed by atoms with Crippen LogP contribution in [0, 0.1) is 6.92 Å². The highest BCUT2D eigenvalue weighted by Crippen LogP contribution is 2.19. The summed E-state index contributed by atoms with van der Waals surface area (Å²) >= 11 is 0. The molecular weight excluding hydrogens is 266 g/mol. The summed E-state index contributed by atoms with van der Waals surface area (Å²) in [6.07, 6.45) is 4.91. The van der Waals surface area contributed by atoms with Crippen LogP contribution in [-0.2, 0) is 17.8 Å². The Labute approximate surface area is 124 Å². The summed E-state index contributed by atoms with van der Waals surface area (Å²) in [5.41, 5.74) is 3.44. The summed E-state index contributed by atoms with van der Waals surface area (Å²) in [5, 5.41) is 7.56. The molecule has 0 aliphatic heterocycles. The van der Waals surface area contributed by atoms with Crippen molar-refractivity contribution in [2.24, 2.45) is 0 Å². The zero-order valence-electron chi connectivity index (χ0n) is 12.7. The summed E-state index contributed by atoms with van der Waals surface area (Å²) in [4.78, 5) is 11.8. The lowest BCUT2D eigenvalue weighted by Crippen LogP contribution is -2.08. The van der Waals surface area contributed by atoms with E-state index in [1.165, 1.54) is 7.11 Å². The Kier molecular flexibility index (Phi) is 4.98.